The van der Waals surface area contributed by atoms with Gasteiger partial charge in [-0.1, -0.05) is 25.1 Å². The second-order valence-corrected chi connectivity index (χ2v) is 5.45. The molecule has 1 aliphatic heterocycles. The van der Waals surface area contributed by atoms with Crippen LogP contribution in [-0.2, 0) is 0 Å². The zero-order chi connectivity index (χ0) is 15.7. The van der Waals surface area contributed by atoms with Crippen molar-refractivity contribution in [2.75, 3.05) is 25.7 Å². The number of hydrogen-bond acceptors (Lipinski definition) is 3. The van der Waals surface area contributed by atoms with Crippen LogP contribution in [0.5, 0.6) is 11.5 Å². The predicted octanol–water partition coefficient (Wildman–Crippen LogP) is 3.47. The van der Waals surface area contributed by atoms with Gasteiger partial charge in [0, 0.05) is 23.7 Å². The molecule has 1 heterocycles. The molecule has 0 N–H and O–H groups in total. The Kier molecular flexibility index (Phi) is 3.75. The average molecular weight is 297 g/mol. The molecular weight excluding hydrogens is 278 g/mol. The summed E-state index contributed by atoms with van der Waals surface area (Å²) in [6, 6.07) is 13.3. The van der Waals surface area contributed by atoms with Crippen LogP contribution in [0.2, 0.25) is 0 Å². The molecule has 4 heteroatoms. The van der Waals surface area contributed by atoms with Crippen LogP contribution in [0.15, 0.2) is 42.5 Å². The van der Waals surface area contributed by atoms with Crippen LogP contribution in [0.4, 0.5) is 5.69 Å². The summed E-state index contributed by atoms with van der Waals surface area (Å²) < 4.78 is 10.5. The van der Waals surface area contributed by atoms with E-state index in [1.165, 1.54) is 5.56 Å². The summed E-state index contributed by atoms with van der Waals surface area (Å²) in [7, 11) is 3.15. The predicted molar refractivity (Wildman–Crippen MR) is 86.1 cm³/mol. The molecule has 0 radical (unpaired) electrons. The number of nitrogens with zero attached hydrogens (tertiary/aromatic N) is 1. The van der Waals surface area contributed by atoms with Gasteiger partial charge in [0.25, 0.3) is 5.91 Å². The lowest BCUT2D eigenvalue weighted by molar-refractivity contribution is 0.0988. The van der Waals surface area contributed by atoms with Crippen LogP contribution in [0.25, 0.3) is 0 Å². The molecule has 0 fully saturated rings. The minimum Gasteiger partial charge on any atom is -0.493 e. The number of carbonyl (C=O) groups is 1. The van der Waals surface area contributed by atoms with E-state index in [1.807, 2.05) is 23.1 Å². The van der Waals surface area contributed by atoms with Gasteiger partial charge in [-0.2, -0.15) is 0 Å². The standard InChI is InChI=1S/C18H19NO3/c1-12-11-19(15-7-5-4-6-14(12)15)18(20)13-8-9-16(21-2)17(10-13)22-3/h4-10,12H,11H2,1-3H3. The Hall–Kier alpha value is -2.49. The van der Waals surface area contributed by atoms with Crippen LogP contribution in [-0.4, -0.2) is 26.7 Å². The fraction of sp³-hybridized carbons (Fsp3) is 0.278. The van der Waals surface area contributed by atoms with E-state index in [-0.39, 0.29) is 5.91 Å². The summed E-state index contributed by atoms with van der Waals surface area (Å²) in [5.74, 6) is 1.51. The molecule has 1 amide bonds. The first-order valence-corrected chi connectivity index (χ1v) is 7.28. The molecule has 0 spiro atoms. The van der Waals surface area contributed by atoms with Crippen molar-refractivity contribution in [2.24, 2.45) is 0 Å². The van der Waals surface area contributed by atoms with E-state index >= 15 is 0 Å². The highest BCUT2D eigenvalue weighted by Crippen LogP contribution is 2.37. The maximum Gasteiger partial charge on any atom is 0.258 e. The normalized spacial score (nSPS) is 16.3. The molecule has 1 unspecified atom stereocenters. The van der Waals surface area contributed by atoms with Gasteiger partial charge in [0.15, 0.2) is 11.5 Å². The number of fused-ring (bicyclic) bond motifs is 1. The van der Waals surface area contributed by atoms with Crippen molar-refractivity contribution in [3.63, 3.8) is 0 Å². The summed E-state index contributed by atoms with van der Waals surface area (Å²) in [4.78, 5) is 14.7. The number of anilines is 1. The number of hydrogen-bond donors (Lipinski definition) is 0. The van der Waals surface area contributed by atoms with Crippen LogP contribution in [0.3, 0.4) is 0 Å². The molecule has 0 aromatic heterocycles. The van der Waals surface area contributed by atoms with E-state index < -0.39 is 0 Å². The largest absolute Gasteiger partial charge is 0.493 e. The van der Waals surface area contributed by atoms with Gasteiger partial charge in [-0.15, -0.1) is 0 Å². The molecular formula is C18H19NO3. The van der Waals surface area contributed by atoms with Gasteiger partial charge in [0.2, 0.25) is 0 Å². The first-order chi connectivity index (χ1) is 10.7. The van der Waals surface area contributed by atoms with Crippen molar-refractivity contribution in [1.29, 1.82) is 0 Å². The molecule has 2 aromatic rings. The van der Waals surface area contributed by atoms with Crippen LogP contribution in [0, 0.1) is 0 Å². The summed E-state index contributed by atoms with van der Waals surface area (Å²) in [6.45, 7) is 2.84. The van der Waals surface area contributed by atoms with Crippen LogP contribution < -0.4 is 14.4 Å². The zero-order valence-corrected chi connectivity index (χ0v) is 13.0. The Balaban J connectivity index is 1.96. The number of carbonyl (C=O) groups excluding carboxylic acids is 1. The van der Waals surface area contributed by atoms with Crippen molar-refractivity contribution < 1.29 is 14.3 Å². The first-order valence-electron chi connectivity index (χ1n) is 7.28. The molecule has 114 valence electrons. The van der Waals surface area contributed by atoms with Gasteiger partial charge in [0.05, 0.1) is 14.2 Å². The number of para-hydroxylation sites is 1. The Morgan fingerprint density at radius 2 is 1.82 bits per heavy atom. The molecule has 0 aliphatic carbocycles. The molecule has 4 nitrogen and oxygen atoms in total. The highest BCUT2D eigenvalue weighted by Gasteiger charge is 2.30. The number of methoxy groups -OCH3 is 2. The van der Waals surface area contributed by atoms with Crippen LogP contribution >= 0.6 is 0 Å². The van der Waals surface area contributed by atoms with Crippen molar-refractivity contribution in [1.82, 2.24) is 0 Å². The third-order valence-electron chi connectivity index (χ3n) is 4.09. The quantitative estimate of drug-likeness (QED) is 0.870. The number of ether oxygens (including phenoxy) is 2. The fourth-order valence-corrected chi connectivity index (χ4v) is 2.94. The molecule has 1 aliphatic rings. The van der Waals surface area contributed by atoms with Crippen molar-refractivity contribution in [3.05, 3.63) is 53.6 Å². The Labute approximate surface area is 130 Å². The smallest absolute Gasteiger partial charge is 0.258 e. The van der Waals surface area contributed by atoms with Gasteiger partial charge in [-0.3, -0.25) is 4.79 Å². The topological polar surface area (TPSA) is 38.8 Å². The van der Waals surface area contributed by atoms with Crippen molar-refractivity contribution in [2.45, 2.75) is 12.8 Å². The molecule has 3 rings (SSSR count). The molecule has 0 saturated carbocycles. The van der Waals surface area contributed by atoms with Gasteiger partial charge in [-0.25, -0.2) is 0 Å². The van der Waals surface area contributed by atoms with Gasteiger partial charge in [-0.05, 0) is 29.8 Å². The second-order valence-electron chi connectivity index (χ2n) is 5.45. The summed E-state index contributed by atoms with van der Waals surface area (Å²) in [5, 5.41) is 0. The third kappa shape index (κ3) is 2.30. The van der Waals surface area contributed by atoms with Crippen LogP contribution in [0.1, 0.15) is 28.8 Å². The maximum atomic E-state index is 12.9. The summed E-state index contributed by atoms with van der Waals surface area (Å²) in [5.41, 5.74) is 2.81. The molecule has 22 heavy (non-hydrogen) atoms. The fourth-order valence-electron chi connectivity index (χ4n) is 2.94. The number of amides is 1. The van der Waals surface area contributed by atoms with Gasteiger partial charge < -0.3 is 14.4 Å². The molecule has 1 atom stereocenters. The van der Waals surface area contributed by atoms with Crippen molar-refractivity contribution in [3.8, 4) is 11.5 Å². The second kappa shape index (κ2) is 5.72. The Morgan fingerprint density at radius 1 is 1.09 bits per heavy atom. The summed E-state index contributed by atoms with van der Waals surface area (Å²) in [6.07, 6.45) is 0. The Bertz CT molecular complexity index is 711. The van der Waals surface area contributed by atoms with Crippen molar-refractivity contribution >= 4 is 11.6 Å². The Morgan fingerprint density at radius 3 is 2.55 bits per heavy atom. The lowest BCUT2D eigenvalue weighted by atomic mass is 10.0. The van der Waals surface area contributed by atoms with E-state index in [4.69, 9.17) is 9.47 Å². The van der Waals surface area contributed by atoms with Gasteiger partial charge >= 0.3 is 0 Å². The highest BCUT2D eigenvalue weighted by molar-refractivity contribution is 6.07. The highest BCUT2D eigenvalue weighted by atomic mass is 16.5. The van der Waals surface area contributed by atoms with E-state index in [9.17, 15) is 4.79 Å². The van der Waals surface area contributed by atoms with E-state index in [0.29, 0.717) is 29.5 Å². The minimum absolute atomic E-state index is 0.0160. The van der Waals surface area contributed by atoms with E-state index in [2.05, 4.69) is 13.0 Å². The SMILES string of the molecule is COc1ccc(C(=O)N2CC(C)c3ccccc32)cc1OC. The number of rotatable bonds is 3. The van der Waals surface area contributed by atoms with Gasteiger partial charge in [0.1, 0.15) is 0 Å². The lowest BCUT2D eigenvalue weighted by Crippen LogP contribution is -2.29. The van der Waals surface area contributed by atoms with E-state index in [0.717, 1.165) is 5.69 Å². The molecule has 0 saturated heterocycles. The summed E-state index contributed by atoms with van der Waals surface area (Å²) >= 11 is 0. The first kappa shape index (κ1) is 14.4. The average Bonchev–Trinajstić information content (AvgIpc) is 2.91. The number of benzene rings is 2. The monoisotopic (exact) mass is 297 g/mol. The molecule has 2 aromatic carbocycles. The zero-order valence-electron chi connectivity index (χ0n) is 13.0. The third-order valence-corrected chi connectivity index (χ3v) is 4.09. The molecule has 0 bridgehead atoms. The maximum absolute atomic E-state index is 12.9. The lowest BCUT2D eigenvalue weighted by Gasteiger charge is -2.18. The van der Waals surface area contributed by atoms with E-state index in [1.54, 1.807) is 32.4 Å². The minimum atomic E-state index is -0.0160.